The third-order valence-corrected chi connectivity index (χ3v) is 6.06. The summed E-state index contributed by atoms with van der Waals surface area (Å²) >= 11 is 0. The number of carbonyl (C=O) groups is 2. The molecule has 0 saturated carbocycles. The molecule has 2 amide bonds. The second-order valence-corrected chi connectivity index (χ2v) is 8.22. The van der Waals surface area contributed by atoms with E-state index in [4.69, 9.17) is 9.47 Å². The first-order chi connectivity index (χ1) is 14.3. The van der Waals surface area contributed by atoms with Crippen molar-refractivity contribution in [3.8, 4) is 11.5 Å². The highest BCUT2D eigenvalue weighted by Gasteiger charge is 2.62. The number of imide groups is 1. The van der Waals surface area contributed by atoms with Gasteiger partial charge in [-0.3, -0.25) is 19.7 Å². The number of carbonyl (C=O) groups excluding carboxylic acids is 2. The number of anilines is 1. The second-order valence-electron chi connectivity index (χ2n) is 8.22. The van der Waals surface area contributed by atoms with E-state index < -0.39 is 16.8 Å². The topological polar surface area (TPSA) is 99.0 Å². The molecule has 3 heterocycles. The SMILES string of the molecule is Cc1cc(C)cc(Oc2cc(N3C(=O)[C@@H]4[C@H](C3=O)[C@H]3CC[C@@H]4O3)cc([N+](=O)[O-])c2)c1. The molecule has 0 aliphatic carbocycles. The molecule has 0 N–H and O–H groups in total. The Hall–Kier alpha value is -3.26. The molecule has 3 saturated heterocycles. The van der Waals surface area contributed by atoms with Crippen molar-refractivity contribution in [3.63, 3.8) is 0 Å². The lowest BCUT2D eigenvalue weighted by molar-refractivity contribution is -0.384. The van der Waals surface area contributed by atoms with E-state index in [1.165, 1.54) is 18.2 Å². The van der Waals surface area contributed by atoms with Crippen molar-refractivity contribution < 1.29 is 24.0 Å². The molecule has 2 aromatic rings. The molecule has 30 heavy (non-hydrogen) atoms. The molecule has 0 aromatic heterocycles. The third-order valence-electron chi connectivity index (χ3n) is 6.06. The molecule has 154 valence electrons. The summed E-state index contributed by atoms with van der Waals surface area (Å²) in [4.78, 5) is 38.1. The van der Waals surface area contributed by atoms with E-state index in [0.717, 1.165) is 28.9 Å². The van der Waals surface area contributed by atoms with Gasteiger partial charge in [0.25, 0.3) is 5.69 Å². The highest BCUT2D eigenvalue weighted by atomic mass is 16.6. The number of non-ortho nitro benzene ring substituents is 1. The Morgan fingerprint density at radius 1 is 0.933 bits per heavy atom. The van der Waals surface area contributed by atoms with Crippen LogP contribution in [0, 0.1) is 35.8 Å². The zero-order valence-electron chi connectivity index (χ0n) is 16.5. The van der Waals surface area contributed by atoms with Crippen LogP contribution in [0.2, 0.25) is 0 Å². The molecule has 0 unspecified atom stereocenters. The summed E-state index contributed by atoms with van der Waals surface area (Å²) in [6, 6.07) is 9.66. The summed E-state index contributed by atoms with van der Waals surface area (Å²) in [5.74, 6) is -0.980. The highest BCUT2D eigenvalue weighted by Crippen LogP contribution is 2.50. The number of nitro benzene ring substituents is 1. The summed E-state index contributed by atoms with van der Waals surface area (Å²) in [6.07, 6.45) is 1.03. The number of amides is 2. The largest absolute Gasteiger partial charge is 0.457 e. The summed E-state index contributed by atoms with van der Waals surface area (Å²) in [6.45, 7) is 3.85. The Bertz CT molecular complexity index is 1050. The van der Waals surface area contributed by atoms with Gasteiger partial charge in [0.05, 0.1) is 40.7 Å². The summed E-state index contributed by atoms with van der Waals surface area (Å²) in [7, 11) is 0. The van der Waals surface area contributed by atoms with Crippen molar-refractivity contribution in [3.05, 3.63) is 57.6 Å². The van der Waals surface area contributed by atoms with Crippen LogP contribution in [-0.2, 0) is 14.3 Å². The lowest BCUT2D eigenvalue weighted by Gasteiger charge is -2.18. The maximum absolute atomic E-state index is 13.0. The van der Waals surface area contributed by atoms with Gasteiger partial charge >= 0.3 is 0 Å². The minimum Gasteiger partial charge on any atom is -0.457 e. The van der Waals surface area contributed by atoms with Crippen LogP contribution in [0.4, 0.5) is 11.4 Å². The molecule has 8 nitrogen and oxygen atoms in total. The molecule has 2 aromatic carbocycles. The van der Waals surface area contributed by atoms with Crippen molar-refractivity contribution in [1.82, 2.24) is 0 Å². The number of ether oxygens (including phenoxy) is 2. The Morgan fingerprint density at radius 3 is 2.07 bits per heavy atom. The van der Waals surface area contributed by atoms with E-state index in [9.17, 15) is 19.7 Å². The van der Waals surface area contributed by atoms with Crippen molar-refractivity contribution in [2.75, 3.05) is 4.90 Å². The monoisotopic (exact) mass is 408 g/mol. The third kappa shape index (κ3) is 2.87. The number of nitro groups is 1. The Morgan fingerprint density at radius 2 is 1.50 bits per heavy atom. The number of hydrogen-bond donors (Lipinski definition) is 0. The van der Waals surface area contributed by atoms with Gasteiger partial charge in [-0.2, -0.15) is 0 Å². The molecule has 4 atom stereocenters. The smallest absolute Gasteiger partial charge is 0.275 e. The van der Waals surface area contributed by atoms with Crippen LogP contribution in [0.3, 0.4) is 0 Å². The number of benzene rings is 2. The van der Waals surface area contributed by atoms with Gasteiger partial charge in [0.1, 0.15) is 11.5 Å². The second kappa shape index (κ2) is 6.63. The fraction of sp³-hybridized carbons (Fsp3) is 0.364. The predicted octanol–water partition coefficient (Wildman–Crippen LogP) is 3.67. The molecule has 3 aliphatic heterocycles. The van der Waals surface area contributed by atoms with Gasteiger partial charge in [-0.25, -0.2) is 4.90 Å². The molecule has 3 fully saturated rings. The number of hydrogen-bond acceptors (Lipinski definition) is 6. The van der Waals surface area contributed by atoms with Crippen LogP contribution in [0.15, 0.2) is 36.4 Å². The van der Waals surface area contributed by atoms with E-state index in [-0.39, 0.29) is 41.1 Å². The Labute approximate surface area is 172 Å². The average Bonchev–Trinajstić information content (AvgIpc) is 3.34. The van der Waals surface area contributed by atoms with E-state index in [1.54, 1.807) is 0 Å². The maximum Gasteiger partial charge on any atom is 0.275 e. The quantitative estimate of drug-likeness (QED) is 0.435. The van der Waals surface area contributed by atoms with Crippen LogP contribution >= 0.6 is 0 Å². The fourth-order valence-electron chi connectivity index (χ4n) is 4.96. The van der Waals surface area contributed by atoms with Gasteiger partial charge in [-0.15, -0.1) is 0 Å². The van der Waals surface area contributed by atoms with Gasteiger partial charge in [0.2, 0.25) is 11.8 Å². The van der Waals surface area contributed by atoms with E-state index in [0.29, 0.717) is 5.75 Å². The predicted molar refractivity (Wildman–Crippen MR) is 106 cm³/mol. The number of fused-ring (bicyclic) bond motifs is 5. The zero-order chi connectivity index (χ0) is 21.2. The van der Waals surface area contributed by atoms with Gasteiger partial charge < -0.3 is 9.47 Å². The van der Waals surface area contributed by atoms with Crippen LogP contribution in [0.1, 0.15) is 24.0 Å². The first-order valence-corrected chi connectivity index (χ1v) is 9.91. The molecule has 0 spiro atoms. The minimum absolute atomic E-state index is 0.160. The van der Waals surface area contributed by atoms with Gasteiger partial charge in [0.15, 0.2) is 0 Å². The zero-order valence-corrected chi connectivity index (χ0v) is 16.5. The van der Waals surface area contributed by atoms with Gasteiger partial charge in [-0.05, 0) is 49.9 Å². The van der Waals surface area contributed by atoms with E-state index >= 15 is 0 Å². The molecular weight excluding hydrogens is 388 g/mol. The molecule has 0 radical (unpaired) electrons. The summed E-state index contributed by atoms with van der Waals surface area (Å²) < 4.78 is 11.6. The molecule has 2 bridgehead atoms. The van der Waals surface area contributed by atoms with Gasteiger partial charge in [0, 0.05) is 12.1 Å². The standard InChI is InChI=1S/C22H20N2O6/c1-11-5-12(2)7-15(6-11)29-16-9-13(8-14(10-16)24(27)28)23-21(25)19-17-3-4-18(30-17)20(19)22(23)26/h5-10,17-20H,3-4H2,1-2H3/t17-,18+,19-,20+. The van der Waals surface area contributed by atoms with Crippen molar-refractivity contribution in [2.45, 2.75) is 38.9 Å². The molecular formula is C22H20N2O6. The molecule has 3 aliphatic rings. The molecule has 8 heteroatoms. The first kappa shape index (κ1) is 18.7. The number of aryl methyl sites for hydroxylation is 2. The van der Waals surface area contributed by atoms with Crippen LogP contribution < -0.4 is 9.64 Å². The van der Waals surface area contributed by atoms with Crippen LogP contribution in [-0.4, -0.2) is 28.9 Å². The highest BCUT2D eigenvalue weighted by molar-refractivity contribution is 6.23. The number of nitrogens with zero attached hydrogens (tertiary/aromatic N) is 2. The first-order valence-electron chi connectivity index (χ1n) is 9.91. The normalized spacial score (nSPS) is 26.9. The number of rotatable bonds is 4. The van der Waals surface area contributed by atoms with E-state index in [1.807, 2.05) is 32.0 Å². The lowest BCUT2D eigenvalue weighted by atomic mass is 9.81. The minimum atomic E-state index is -0.559. The molecule has 5 rings (SSSR count). The summed E-state index contributed by atoms with van der Waals surface area (Å²) in [5.41, 5.74) is 1.89. The lowest BCUT2D eigenvalue weighted by Crippen LogP contribution is -2.34. The fourth-order valence-corrected chi connectivity index (χ4v) is 4.96. The van der Waals surface area contributed by atoms with Crippen molar-refractivity contribution >= 4 is 23.2 Å². The van der Waals surface area contributed by atoms with E-state index in [2.05, 4.69) is 0 Å². The van der Waals surface area contributed by atoms with Crippen LogP contribution in [0.25, 0.3) is 0 Å². The maximum atomic E-state index is 13.0. The Kier molecular flexibility index (Phi) is 4.14. The average molecular weight is 408 g/mol. The van der Waals surface area contributed by atoms with Crippen molar-refractivity contribution in [2.24, 2.45) is 11.8 Å². The van der Waals surface area contributed by atoms with Gasteiger partial charge in [-0.1, -0.05) is 6.07 Å². The Balaban J connectivity index is 1.53. The van der Waals surface area contributed by atoms with Crippen LogP contribution in [0.5, 0.6) is 11.5 Å². The van der Waals surface area contributed by atoms with Crippen molar-refractivity contribution in [1.29, 1.82) is 0 Å². The summed E-state index contributed by atoms with van der Waals surface area (Å²) in [5, 5.41) is 11.5.